The molecule has 0 bridgehead atoms. The first-order chi connectivity index (χ1) is 8.74. The van der Waals surface area contributed by atoms with Crippen molar-refractivity contribution in [2.75, 3.05) is 0 Å². The second-order valence-electron chi connectivity index (χ2n) is 3.77. The maximum absolute atomic E-state index is 11.9. The van der Waals surface area contributed by atoms with Crippen LogP contribution in [-0.4, -0.2) is 14.6 Å². The molecule has 0 aliphatic rings. The van der Waals surface area contributed by atoms with Crippen molar-refractivity contribution in [1.82, 2.24) is 14.6 Å². The van der Waals surface area contributed by atoms with E-state index in [0.717, 1.165) is 5.56 Å². The highest BCUT2D eigenvalue weighted by Gasteiger charge is 2.05. The van der Waals surface area contributed by atoms with Crippen LogP contribution < -0.4 is 5.56 Å². The zero-order valence-electron chi connectivity index (χ0n) is 9.25. The first kappa shape index (κ1) is 10.9. The molecule has 0 saturated carbocycles. The minimum Gasteiger partial charge on any atom is -0.267 e. The average Bonchev–Trinajstić information content (AvgIpc) is 2.40. The topological polar surface area (TPSA) is 47.3 Å². The van der Waals surface area contributed by atoms with Gasteiger partial charge in [0.15, 0.2) is 5.65 Å². The van der Waals surface area contributed by atoms with Gasteiger partial charge >= 0.3 is 0 Å². The van der Waals surface area contributed by atoms with Gasteiger partial charge in [-0.05, 0) is 12.1 Å². The Morgan fingerprint density at radius 3 is 2.61 bits per heavy atom. The molecule has 0 fully saturated rings. The van der Waals surface area contributed by atoms with E-state index in [2.05, 4.69) is 10.1 Å². The SMILES string of the molecule is O=c1cc(-c2ccccc2)nc2ccc(Cl)nn12. The average molecular weight is 258 g/mol. The number of aromatic nitrogens is 3. The maximum Gasteiger partial charge on any atom is 0.275 e. The highest BCUT2D eigenvalue weighted by Crippen LogP contribution is 2.15. The van der Waals surface area contributed by atoms with Gasteiger partial charge in [-0.2, -0.15) is 9.61 Å². The van der Waals surface area contributed by atoms with Crippen LogP contribution in [0.4, 0.5) is 0 Å². The lowest BCUT2D eigenvalue weighted by atomic mass is 10.1. The van der Waals surface area contributed by atoms with Crippen molar-refractivity contribution in [3.63, 3.8) is 0 Å². The highest BCUT2D eigenvalue weighted by molar-refractivity contribution is 6.29. The fraction of sp³-hybridized carbons (Fsp3) is 0. The van der Waals surface area contributed by atoms with E-state index in [1.807, 2.05) is 30.3 Å². The molecule has 0 saturated heterocycles. The van der Waals surface area contributed by atoms with Crippen molar-refractivity contribution in [3.8, 4) is 11.3 Å². The standard InChI is InChI=1S/C13H8ClN3O/c14-11-6-7-12-15-10(8-13(18)17(12)16-11)9-4-2-1-3-5-9/h1-8H. The summed E-state index contributed by atoms with van der Waals surface area (Å²) in [6.07, 6.45) is 0. The quantitative estimate of drug-likeness (QED) is 0.673. The molecule has 0 aliphatic carbocycles. The number of halogens is 1. The normalized spacial score (nSPS) is 10.7. The first-order valence-electron chi connectivity index (χ1n) is 5.36. The molecule has 3 rings (SSSR count). The van der Waals surface area contributed by atoms with Crippen LogP contribution in [0.25, 0.3) is 16.9 Å². The van der Waals surface area contributed by atoms with Crippen LogP contribution >= 0.6 is 11.6 Å². The zero-order valence-corrected chi connectivity index (χ0v) is 10.0. The summed E-state index contributed by atoms with van der Waals surface area (Å²) in [6, 6.07) is 14.3. The molecule has 0 amide bonds. The van der Waals surface area contributed by atoms with E-state index in [0.29, 0.717) is 11.3 Å². The summed E-state index contributed by atoms with van der Waals surface area (Å²) in [5.74, 6) is 0. The van der Waals surface area contributed by atoms with Crippen LogP contribution in [-0.2, 0) is 0 Å². The summed E-state index contributed by atoms with van der Waals surface area (Å²) in [5.41, 5.74) is 1.75. The lowest BCUT2D eigenvalue weighted by molar-refractivity contribution is 0.868. The van der Waals surface area contributed by atoms with Crippen LogP contribution in [0, 0.1) is 0 Å². The van der Waals surface area contributed by atoms with Crippen molar-refractivity contribution in [2.45, 2.75) is 0 Å². The molecule has 0 spiro atoms. The van der Waals surface area contributed by atoms with Gasteiger partial charge in [-0.1, -0.05) is 41.9 Å². The molecule has 2 aromatic heterocycles. The molecule has 0 atom stereocenters. The molecule has 0 aliphatic heterocycles. The van der Waals surface area contributed by atoms with Gasteiger partial charge in [-0.15, -0.1) is 0 Å². The van der Waals surface area contributed by atoms with E-state index in [1.165, 1.54) is 10.6 Å². The highest BCUT2D eigenvalue weighted by atomic mass is 35.5. The van der Waals surface area contributed by atoms with Gasteiger partial charge in [0.2, 0.25) is 0 Å². The molecular weight excluding hydrogens is 250 g/mol. The molecule has 3 aromatic rings. The van der Waals surface area contributed by atoms with Gasteiger partial charge in [0.25, 0.3) is 5.56 Å². The number of rotatable bonds is 1. The Labute approximate surface area is 107 Å². The third-order valence-corrected chi connectivity index (χ3v) is 2.76. The van der Waals surface area contributed by atoms with Crippen LogP contribution in [0.3, 0.4) is 0 Å². The largest absolute Gasteiger partial charge is 0.275 e. The van der Waals surface area contributed by atoms with Gasteiger partial charge in [-0.25, -0.2) is 4.98 Å². The molecule has 4 nitrogen and oxygen atoms in total. The van der Waals surface area contributed by atoms with Gasteiger partial charge in [0.05, 0.1) is 5.69 Å². The van der Waals surface area contributed by atoms with Gasteiger partial charge in [0, 0.05) is 11.6 Å². The van der Waals surface area contributed by atoms with Crippen molar-refractivity contribution >= 4 is 17.2 Å². The molecule has 1 aromatic carbocycles. The number of hydrogen-bond acceptors (Lipinski definition) is 3. The molecule has 0 N–H and O–H groups in total. The number of fused-ring (bicyclic) bond motifs is 1. The van der Waals surface area contributed by atoms with Crippen molar-refractivity contribution in [2.24, 2.45) is 0 Å². The molecule has 5 heteroatoms. The Balaban J connectivity index is 2.29. The molecule has 2 heterocycles. The second-order valence-corrected chi connectivity index (χ2v) is 4.16. The Kier molecular flexibility index (Phi) is 2.57. The minimum absolute atomic E-state index is 0.249. The van der Waals surface area contributed by atoms with Crippen LogP contribution in [0.1, 0.15) is 0 Å². The molecule has 0 unspecified atom stereocenters. The molecular formula is C13H8ClN3O. The summed E-state index contributed by atoms with van der Waals surface area (Å²) in [6.45, 7) is 0. The fourth-order valence-electron chi connectivity index (χ4n) is 1.73. The van der Waals surface area contributed by atoms with Gasteiger partial charge < -0.3 is 0 Å². The van der Waals surface area contributed by atoms with Crippen LogP contribution in [0.15, 0.2) is 53.3 Å². The van der Waals surface area contributed by atoms with Crippen LogP contribution in [0.5, 0.6) is 0 Å². The summed E-state index contributed by atoms with van der Waals surface area (Å²) in [7, 11) is 0. The van der Waals surface area contributed by atoms with Crippen LogP contribution in [0.2, 0.25) is 5.15 Å². The van der Waals surface area contributed by atoms with Crippen molar-refractivity contribution < 1.29 is 0 Å². The molecule has 88 valence electrons. The Morgan fingerprint density at radius 1 is 1.06 bits per heavy atom. The summed E-state index contributed by atoms with van der Waals surface area (Å²) >= 11 is 5.75. The van der Waals surface area contributed by atoms with Crippen molar-refractivity contribution in [1.29, 1.82) is 0 Å². The van der Waals surface area contributed by atoms with E-state index in [4.69, 9.17) is 11.6 Å². The third kappa shape index (κ3) is 1.87. The lowest BCUT2D eigenvalue weighted by Crippen LogP contribution is -2.17. The first-order valence-corrected chi connectivity index (χ1v) is 5.74. The molecule has 18 heavy (non-hydrogen) atoms. The predicted molar refractivity (Wildman–Crippen MR) is 69.7 cm³/mol. The Bertz CT molecular complexity index is 768. The third-order valence-electron chi connectivity index (χ3n) is 2.56. The van der Waals surface area contributed by atoms with Gasteiger partial charge in [-0.3, -0.25) is 4.79 Å². The van der Waals surface area contributed by atoms with Crippen molar-refractivity contribution in [3.05, 3.63) is 64.0 Å². The molecule has 0 radical (unpaired) electrons. The maximum atomic E-state index is 11.9. The second kappa shape index (κ2) is 4.23. The van der Waals surface area contributed by atoms with Gasteiger partial charge in [0.1, 0.15) is 5.15 Å². The minimum atomic E-state index is -0.249. The number of nitrogens with zero attached hydrogens (tertiary/aromatic N) is 3. The Hall–Kier alpha value is -2.20. The smallest absolute Gasteiger partial charge is 0.267 e. The van der Waals surface area contributed by atoms with E-state index >= 15 is 0 Å². The summed E-state index contributed by atoms with van der Waals surface area (Å²) < 4.78 is 1.19. The van der Waals surface area contributed by atoms with E-state index in [9.17, 15) is 4.79 Å². The van der Waals surface area contributed by atoms with E-state index in [1.54, 1.807) is 12.1 Å². The predicted octanol–water partition coefficient (Wildman–Crippen LogP) is 2.41. The zero-order chi connectivity index (χ0) is 12.5. The van der Waals surface area contributed by atoms with E-state index < -0.39 is 0 Å². The Morgan fingerprint density at radius 2 is 1.83 bits per heavy atom. The number of benzene rings is 1. The number of hydrogen-bond donors (Lipinski definition) is 0. The lowest BCUT2D eigenvalue weighted by Gasteiger charge is -2.03. The summed E-state index contributed by atoms with van der Waals surface area (Å²) in [5, 5.41) is 4.18. The summed E-state index contributed by atoms with van der Waals surface area (Å²) in [4.78, 5) is 16.3. The fourth-order valence-corrected chi connectivity index (χ4v) is 1.87. The monoisotopic (exact) mass is 257 g/mol. The van der Waals surface area contributed by atoms with E-state index in [-0.39, 0.29) is 10.7 Å².